The van der Waals surface area contributed by atoms with E-state index in [1.54, 1.807) is 12.0 Å². The summed E-state index contributed by atoms with van der Waals surface area (Å²) in [6.07, 6.45) is 0. The summed E-state index contributed by atoms with van der Waals surface area (Å²) >= 11 is 0. The van der Waals surface area contributed by atoms with Gasteiger partial charge in [0.05, 0.1) is 7.11 Å². The van der Waals surface area contributed by atoms with Gasteiger partial charge in [0.1, 0.15) is 17.8 Å². The number of hydrogen-bond acceptors (Lipinski definition) is 6. The normalized spacial score (nSPS) is 18.3. The highest BCUT2D eigenvalue weighted by Crippen LogP contribution is 2.21. The lowest BCUT2D eigenvalue weighted by Crippen LogP contribution is -2.62. The van der Waals surface area contributed by atoms with Gasteiger partial charge in [0.2, 0.25) is 5.91 Å². The number of piperazine rings is 1. The lowest BCUT2D eigenvalue weighted by Gasteiger charge is -2.40. The predicted octanol–water partition coefficient (Wildman–Crippen LogP) is -0.917. The van der Waals surface area contributed by atoms with Crippen molar-refractivity contribution in [2.45, 2.75) is 12.1 Å². The molecule has 2 atom stereocenters. The van der Waals surface area contributed by atoms with Gasteiger partial charge in [0.25, 0.3) is 0 Å². The van der Waals surface area contributed by atoms with Crippen molar-refractivity contribution in [2.75, 3.05) is 38.2 Å². The molecular formula is C15H22N4O4. The molecule has 0 spiro atoms. The maximum Gasteiger partial charge on any atom is 0.322 e. The largest absolute Gasteiger partial charge is 0.497 e. The van der Waals surface area contributed by atoms with E-state index in [4.69, 9.17) is 21.3 Å². The quantitative estimate of drug-likeness (QED) is 0.619. The monoisotopic (exact) mass is 322 g/mol. The Balaban J connectivity index is 2.01. The number of nitrogens with two attached hydrogens (primary N) is 2. The summed E-state index contributed by atoms with van der Waals surface area (Å²) in [5.41, 5.74) is 12.0. The Morgan fingerprint density at radius 3 is 2.17 bits per heavy atom. The summed E-state index contributed by atoms with van der Waals surface area (Å²) in [7, 11) is 1.61. The van der Waals surface area contributed by atoms with Crippen LogP contribution in [0, 0.1) is 0 Å². The Morgan fingerprint density at radius 2 is 1.74 bits per heavy atom. The predicted molar refractivity (Wildman–Crippen MR) is 85.4 cm³/mol. The van der Waals surface area contributed by atoms with Crippen molar-refractivity contribution in [1.82, 2.24) is 4.90 Å². The van der Waals surface area contributed by atoms with Crippen LogP contribution >= 0.6 is 0 Å². The Morgan fingerprint density at radius 1 is 1.17 bits per heavy atom. The van der Waals surface area contributed by atoms with Crippen molar-refractivity contribution in [3.8, 4) is 5.75 Å². The Hall–Kier alpha value is -2.32. The number of aliphatic carboxylic acids is 1. The lowest BCUT2D eigenvalue weighted by molar-refractivity contribution is -0.143. The molecule has 5 N–H and O–H groups in total. The minimum atomic E-state index is -1.32. The standard InChI is InChI=1S/C15H22N4O4/c1-23-11-4-2-10(3-5-11)18-6-8-19(9-7-18)13(14(17)20)12(16)15(21)22/h2-5,12-13H,6-9,16H2,1H3,(H2,17,20)(H,21,22)/t12-,13?/m0/s1. The number of hydrogen-bond donors (Lipinski definition) is 3. The van der Waals surface area contributed by atoms with Gasteiger partial charge in [-0.1, -0.05) is 0 Å². The van der Waals surface area contributed by atoms with Crippen molar-refractivity contribution in [1.29, 1.82) is 0 Å². The third kappa shape index (κ3) is 3.91. The van der Waals surface area contributed by atoms with Gasteiger partial charge in [-0.3, -0.25) is 14.5 Å². The zero-order chi connectivity index (χ0) is 17.0. The number of primary amides is 1. The molecule has 0 aromatic heterocycles. The molecule has 1 unspecified atom stereocenters. The average molecular weight is 322 g/mol. The molecule has 0 bridgehead atoms. The molecular weight excluding hydrogens is 300 g/mol. The van der Waals surface area contributed by atoms with E-state index in [2.05, 4.69) is 4.90 Å². The SMILES string of the molecule is COc1ccc(N2CCN(C(C(N)=O)[C@H](N)C(=O)O)CC2)cc1. The second-order valence-electron chi connectivity index (χ2n) is 5.43. The van der Waals surface area contributed by atoms with Crippen LogP contribution in [0.15, 0.2) is 24.3 Å². The molecule has 23 heavy (non-hydrogen) atoms. The van der Waals surface area contributed by atoms with Crippen LogP contribution in [0.5, 0.6) is 5.75 Å². The van der Waals surface area contributed by atoms with Crippen LogP contribution in [0.2, 0.25) is 0 Å². The number of benzene rings is 1. The molecule has 1 aromatic rings. The maximum atomic E-state index is 11.6. The van der Waals surface area contributed by atoms with E-state index in [0.29, 0.717) is 26.2 Å². The third-order valence-corrected chi connectivity index (χ3v) is 4.06. The van der Waals surface area contributed by atoms with Gasteiger partial charge in [0.15, 0.2) is 0 Å². The Kier molecular flexibility index (Phi) is 5.41. The maximum absolute atomic E-state index is 11.6. The number of nitrogens with zero attached hydrogens (tertiary/aromatic N) is 2. The van der Waals surface area contributed by atoms with Crippen LogP contribution in [-0.2, 0) is 9.59 Å². The second kappa shape index (κ2) is 7.30. The van der Waals surface area contributed by atoms with Crippen LogP contribution in [0.25, 0.3) is 0 Å². The van der Waals surface area contributed by atoms with E-state index >= 15 is 0 Å². The first kappa shape index (κ1) is 17.0. The van der Waals surface area contributed by atoms with Crippen molar-refractivity contribution in [3.63, 3.8) is 0 Å². The van der Waals surface area contributed by atoms with E-state index in [-0.39, 0.29) is 0 Å². The first-order valence-electron chi connectivity index (χ1n) is 7.35. The van der Waals surface area contributed by atoms with Crippen LogP contribution in [0.4, 0.5) is 5.69 Å². The van der Waals surface area contributed by atoms with Crippen molar-refractivity contribution < 1.29 is 19.4 Å². The summed E-state index contributed by atoms with van der Waals surface area (Å²) in [6, 6.07) is 5.37. The molecule has 8 nitrogen and oxygen atoms in total. The van der Waals surface area contributed by atoms with Crippen LogP contribution in [0.1, 0.15) is 0 Å². The third-order valence-electron chi connectivity index (χ3n) is 4.06. The Labute approximate surface area is 134 Å². The first-order valence-corrected chi connectivity index (χ1v) is 7.35. The fraction of sp³-hybridized carbons (Fsp3) is 0.467. The number of rotatable bonds is 6. The summed E-state index contributed by atoms with van der Waals surface area (Å²) in [4.78, 5) is 26.5. The molecule has 1 aromatic carbocycles. The molecule has 0 saturated carbocycles. The van der Waals surface area contributed by atoms with Gasteiger partial charge in [-0.25, -0.2) is 0 Å². The number of carboxylic acid groups (broad SMARTS) is 1. The second-order valence-corrected chi connectivity index (χ2v) is 5.43. The number of ether oxygens (including phenoxy) is 1. The molecule has 1 saturated heterocycles. The van der Waals surface area contributed by atoms with Crippen LogP contribution in [0.3, 0.4) is 0 Å². The number of carbonyl (C=O) groups excluding carboxylic acids is 1. The lowest BCUT2D eigenvalue weighted by atomic mass is 10.1. The van der Waals surface area contributed by atoms with Crippen LogP contribution in [-0.4, -0.2) is 67.3 Å². The summed E-state index contributed by atoms with van der Waals surface area (Å²) in [6.45, 7) is 2.34. The highest BCUT2D eigenvalue weighted by molar-refractivity contribution is 5.88. The highest BCUT2D eigenvalue weighted by atomic mass is 16.5. The number of methoxy groups -OCH3 is 1. The van der Waals surface area contributed by atoms with Crippen molar-refractivity contribution in [3.05, 3.63) is 24.3 Å². The van der Waals surface area contributed by atoms with Gasteiger partial charge >= 0.3 is 5.97 Å². The molecule has 126 valence electrons. The topological polar surface area (TPSA) is 122 Å². The average Bonchev–Trinajstić information content (AvgIpc) is 2.55. The van der Waals surface area contributed by atoms with E-state index in [0.717, 1.165) is 11.4 Å². The van der Waals surface area contributed by atoms with Gasteiger partial charge in [-0.05, 0) is 24.3 Å². The highest BCUT2D eigenvalue weighted by Gasteiger charge is 2.36. The minimum Gasteiger partial charge on any atom is -0.497 e. The summed E-state index contributed by atoms with van der Waals surface area (Å²) in [5, 5.41) is 9.03. The molecule has 1 fully saturated rings. The molecule has 0 aliphatic carbocycles. The van der Waals surface area contributed by atoms with Gasteiger partial charge < -0.3 is 26.2 Å². The fourth-order valence-electron chi connectivity index (χ4n) is 2.77. The summed E-state index contributed by atoms with van der Waals surface area (Å²) in [5.74, 6) is -1.15. The number of amides is 1. The smallest absolute Gasteiger partial charge is 0.322 e. The first-order chi connectivity index (χ1) is 10.9. The molecule has 2 rings (SSSR count). The fourth-order valence-corrected chi connectivity index (χ4v) is 2.77. The molecule has 8 heteroatoms. The molecule has 1 heterocycles. The van der Waals surface area contributed by atoms with Crippen molar-refractivity contribution in [2.24, 2.45) is 11.5 Å². The number of carboxylic acids is 1. The van der Waals surface area contributed by atoms with E-state index in [9.17, 15) is 9.59 Å². The Bertz CT molecular complexity index is 555. The van der Waals surface area contributed by atoms with E-state index < -0.39 is 24.0 Å². The molecule has 1 amide bonds. The van der Waals surface area contributed by atoms with Gasteiger partial charge in [0, 0.05) is 31.9 Å². The number of anilines is 1. The van der Waals surface area contributed by atoms with Crippen LogP contribution < -0.4 is 21.1 Å². The zero-order valence-electron chi connectivity index (χ0n) is 13.0. The molecule has 0 radical (unpaired) electrons. The van der Waals surface area contributed by atoms with E-state index in [1.807, 2.05) is 24.3 Å². The summed E-state index contributed by atoms with van der Waals surface area (Å²) < 4.78 is 5.13. The zero-order valence-corrected chi connectivity index (χ0v) is 13.0. The van der Waals surface area contributed by atoms with E-state index in [1.165, 1.54) is 0 Å². The van der Waals surface area contributed by atoms with Gasteiger partial charge in [-0.2, -0.15) is 0 Å². The molecule has 1 aliphatic heterocycles. The van der Waals surface area contributed by atoms with Crippen molar-refractivity contribution >= 4 is 17.6 Å². The minimum absolute atomic E-state index is 0.514. The van der Waals surface area contributed by atoms with Gasteiger partial charge in [-0.15, -0.1) is 0 Å². The number of carbonyl (C=O) groups is 2. The molecule has 1 aliphatic rings.